The van der Waals surface area contributed by atoms with E-state index in [1.54, 1.807) is 36.1 Å². The molecule has 6 heteroatoms. The molecule has 1 aromatic carbocycles. The highest BCUT2D eigenvalue weighted by Crippen LogP contribution is 2.12. The first-order valence-electron chi connectivity index (χ1n) is 7.18. The topological polar surface area (TPSA) is 66.8 Å². The maximum absolute atomic E-state index is 12.4. The number of hydrogen-bond donors (Lipinski definition) is 1. The van der Waals surface area contributed by atoms with Gasteiger partial charge in [0.2, 0.25) is 5.91 Å². The summed E-state index contributed by atoms with van der Waals surface area (Å²) in [6.07, 6.45) is 0.705. The van der Waals surface area contributed by atoms with Crippen LogP contribution in [0.5, 0.6) is 0 Å². The van der Waals surface area contributed by atoms with Crippen LogP contribution in [0.3, 0.4) is 0 Å². The van der Waals surface area contributed by atoms with Gasteiger partial charge >= 0.3 is 5.97 Å². The largest absolute Gasteiger partial charge is 0.469 e. The number of benzene rings is 1. The van der Waals surface area contributed by atoms with Gasteiger partial charge in [0.1, 0.15) is 0 Å². The van der Waals surface area contributed by atoms with E-state index in [9.17, 15) is 9.59 Å². The molecule has 0 aliphatic heterocycles. The number of aliphatic hydroxyl groups excluding tert-OH is 1. The molecule has 1 amide bonds. The van der Waals surface area contributed by atoms with Gasteiger partial charge < -0.3 is 14.7 Å². The summed E-state index contributed by atoms with van der Waals surface area (Å²) in [5, 5.41) is 9.58. The van der Waals surface area contributed by atoms with E-state index >= 15 is 0 Å². The summed E-state index contributed by atoms with van der Waals surface area (Å²) in [6.45, 7) is 2.40. The molecule has 0 heterocycles. The summed E-state index contributed by atoms with van der Waals surface area (Å²) in [6, 6.07) is 7.07. The number of amides is 1. The smallest absolute Gasteiger partial charge is 0.310 e. The summed E-state index contributed by atoms with van der Waals surface area (Å²) in [4.78, 5) is 25.5. The summed E-state index contributed by atoms with van der Waals surface area (Å²) in [5.41, 5.74) is 0.856. The molecule has 0 saturated carbocycles. The molecule has 0 aromatic heterocycles. The molecule has 0 fully saturated rings. The standard InChI is InChI=1S/C16H22ClNO4/c1-12(16(21)22-2)11-18(8-3-9-19)15(20)10-13-4-6-14(17)7-5-13/h4-7,12,19H,3,8-11H2,1-2H3. The molecule has 1 rings (SSSR count). The van der Waals surface area contributed by atoms with E-state index in [0.29, 0.717) is 18.0 Å². The zero-order valence-electron chi connectivity index (χ0n) is 12.9. The Hall–Kier alpha value is -1.59. The lowest BCUT2D eigenvalue weighted by molar-refractivity contribution is -0.146. The zero-order valence-corrected chi connectivity index (χ0v) is 13.7. The fourth-order valence-electron chi connectivity index (χ4n) is 2.07. The maximum Gasteiger partial charge on any atom is 0.310 e. The number of ether oxygens (including phenoxy) is 1. The third kappa shape index (κ3) is 6.03. The fraction of sp³-hybridized carbons (Fsp3) is 0.500. The molecular weight excluding hydrogens is 306 g/mol. The molecule has 0 aliphatic carbocycles. The van der Waals surface area contributed by atoms with E-state index in [1.807, 2.05) is 0 Å². The number of carbonyl (C=O) groups is 2. The van der Waals surface area contributed by atoms with E-state index in [4.69, 9.17) is 16.7 Å². The van der Waals surface area contributed by atoms with E-state index in [2.05, 4.69) is 4.74 Å². The molecule has 1 aromatic rings. The van der Waals surface area contributed by atoms with E-state index < -0.39 is 5.92 Å². The highest BCUT2D eigenvalue weighted by molar-refractivity contribution is 6.30. The van der Waals surface area contributed by atoms with Gasteiger partial charge in [-0.25, -0.2) is 0 Å². The molecule has 0 bridgehead atoms. The van der Waals surface area contributed by atoms with Crippen molar-refractivity contribution in [2.45, 2.75) is 19.8 Å². The minimum atomic E-state index is -0.405. The molecular formula is C16H22ClNO4. The second-order valence-electron chi connectivity index (χ2n) is 5.14. The van der Waals surface area contributed by atoms with Crippen molar-refractivity contribution in [3.8, 4) is 0 Å². The second kappa shape index (κ2) is 9.43. The Labute approximate surface area is 135 Å². The first-order chi connectivity index (χ1) is 10.5. The minimum absolute atomic E-state index is 0.00265. The third-order valence-corrected chi connectivity index (χ3v) is 3.56. The van der Waals surface area contributed by atoms with Gasteiger partial charge in [-0.3, -0.25) is 9.59 Å². The number of carbonyl (C=O) groups excluding carboxylic acids is 2. The summed E-state index contributed by atoms with van der Waals surface area (Å²) < 4.78 is 4.69. The van der Waals surface area contributed by atoms with Crippen molar-refractivity contribution in [3.63, 3.8) is 0 Å². The molecule has 1 N–H and O–H groups in total. The Balaban J connectivity index is 2.70. The molecule has 22 heavy (non-hydrogen) atoms. The number of methoxy groups -OCH3 is 1. The van der Waals surface area contributed by atoms with E-state index in [1.165, 1.54) is 7.11 Å². The van der Waals surface area contributed by atoms with E-state index in [-0.39, 0.29) is 31.4 Å². The average molecular weight is 328 g/mol. The molecule has 1 atom stereocenters. The molecule has 1 unspecified atom stereocenters. The predicted octanol–water partition coefficient (Wildman–Crippen LogP) is 1.90. The van der Waals surface area contributed by atoms with Crippen molar-refractivity contribution < 1.29 is 19.4 Å². The van der Waals surface area contributed by atoms with Crippen molar-refractivity contribution in [1.29, 1.82) is 0 Å². The quantitative estimate of drug-likeness (QED) is 0.741. The van der Waals surface area contributed by atoms with Crippen molar-refractivity contribution in [3.05, 3.63) is 34.9 Å². The molecule has 0 aliphatic rings. The molecule has 0 radical (unpaired) electrons. The third-order valence-electron chi connectivity index (χ3n) is 3.31. The first kappa shape index (κ1) is 18.5. The number of hydrogen-bond acceptors (Lipinski definition) is 4. The fourth-order valence-corrected chi connectivity index (χ4v) is 2.20. The highest BCUT2D eigenvalue weighted by atomic mass is 35.5. The Morgan fingerprint density at radius 1 is 1.32 bits per heavy atom. The lowest BCUT2D eigenvalue weighted by Crippen LogP contribution is -2.39. The average Bonchev–Trinajstić information content (AvgIpc) is 2.52. The summed E-state index contributed by atoms with van der Waals surface area (Å²) in [7, 11) is 1.33. The van der Waals surface area contributed by atoms with Gasteiger partial charge in [-0.1, -0.05) is 30.7 Å². The van der Waals surface area contributed by atoms with Gasteiger partial charge in [0.25, 0.3) is 0 Å². The molecule has 5 nitrogen and oxygen atoms in total. The monoisotopic (exact) mass is 327 g/mol. The highest BCUT2D eigenvalue weighted by Gasteiger charge is 2.21. The Bertz CT molecular complexity index is 489. The van der Waals surface area contributed by atoms with Crippen LogP contribution in [-0.4, -0.2) is 48.7 Å². The lowest BCUT2D eigenvalue weighted by atomic mass is 10.1. The van der Waals surface area contributed by atoms with Gasteiger partial charge in [0, 0.05) is 24.7 Å². The lowest BCUT2D eigenvalue weighted by Gasteiger charge is -2.25. The van der Waals surface area contributed by atoms with Crippen molar-refractivity contribution in [1.82, 2.24) is 4.90 Å². The van der Waals surface area contributed by atoms with Crippen LogP contribution in [0.1, 0.15) is 18.9 Å². The second-order valence-corrected chi connectivity index (χ2v) is 5.58. The van der Waals surface area contributed by atoms with Crippen LogP contribution in [0.2, 0.25) is 5.02 Å². The van der Waals surface area contributed by atoms with Gasteiger partial charge in [-0.15, -0.1) is 0 Å². The van der Waals surface area contributed by atoms with Gasteiger partial charge in [0.15, 0.2) is 0 Å². The number of halogens is 1. The van der Waals surface area contributed by atoms with Crippen LogP contribution in [-0.2, 0) is 20.7 Å². The number of esters is 1. The van der Waals surface area contributed by atoms with Gasteiger partial charge in [0.05, 0.1) is 19.4 Å². The Morgan fingerprint density at radius 2 is 1.95 bits per heavy atom. The van der Waals surface area contributed by atoms with Gasteiger partial charge in [-0.05, 0) is 24.1 Å². The minimum Gasteiger partial charge on any atom is -0.469 e. The first-order valence-corrected chi connectivity index (χ1v) is 7.56. The van der Waals surface area contributed by atoms with E-state index in [0.717, 1.165) is 5.56 Å². The number of nitrogens with zero attached hydrogens (tertiary/aromatic N) is 1. The number of rotatable bonds is 8. The molecule has 122 valence electrons. The summed E-state index contributed by atoms with van der Waals surface area (Å²) in [5.74, 6) is -0.849. The zero-order chi connectivity index (χ0) is 16.5. The van der Waals surface area contributed by atoms with Crippen molar-refractivity contribution in [2.75, 3.05) is 26.8 Å². The van der Waals surface area contributed by atoms with Crippen molar-refractivity contribution >= 4 is 23.5 Å². The van der Waals surface area contributed by atoms with Crippen LogP contribution in [0.15, 0.2) is 24.3 Å². The van der Waals surface area contributed by atoms with Crippen LogP contribution in [0.4, 0.5) is 0 Å². The Morgan fingerprint density at radius 3 is 2.50 bits per heavy atom. The van der Waals surface area contributed by atoms with Crippen molar-refractivity contribution in [2.24, 2.45) is 5.92 Å². The molecule has 0 spiro atoms. The maximum atomic E-state index is 12.4. The van der Waals surface area contributed by atoms with Crippen LogP contribution >= 0.6 is 11.6 Å². The normalized spacial score (nSPS) is 11.8. The van der Waals surface area contributed by atoms with Gasteiger partial charge in [-0.2, -0.15) is 0 Å². The SMILES string of the molecule is COC(=O)C(C)CN(CCCO)C(=O)Cc1ccc(Cl)cc1. The van der Waals surface area contributed by atoms with Crippen LogP contribution < -0.4 is 0 Å². The predicted molar refractivity (Wildman–Crippen MR) is 84.6 cm³/mol. The Kier molecular flexibility index (Phi) is 7.91. The number of aliphatic hydroxyl groups is 1. The van der Waals surface area contributed by atoms with Crippen LogP contribution in [0, 0.1) is 5.92 Å². The van der Waals surface area contributed by atoms with Crippen LogP contribution in [0.25, 0.3) is 0 Å². The molecule has 0 saturated heterocycles. The summed E-state index contributed by atoms with van der Waals surface area (Å²) >= 11 is 5.82.